The minimum atomic E-state index is -1.69. The third-order valence-corrected chi connectivity index (χ3v) is 26.2. The summed E-state index contributed by atoms with van der Waals surface area (Å²) in [5, 5.41) is 126. The minimum absolute atomic E-state index is 0.00401. The van der Waals surface area contributed by atoms with Gasteiger partial charge in [-0.15, -0.1) is 0 Å². The third kappa shape index (κ3) is 40.5. The number of carboxylic acids is 2. The highest BCUT2D eigenvalue weighted by Gasteiger charge is 2.49. The number of nitrogens with one attached hydrogen (secondary N) is 25. The van der Waals surface area contributed by atoms with Gasteiger partial charge in [-0.25, -0.2) is 4.79 Å². The van der Waals surface area contributed by atoms with Crippen LogP contribution in [0.4, 0.5) is 0 Å². The van der Waals surface area contributed by atoms with E-state index < -0.39 is 228 Å². The maximum atomic E-state index is 15.3. The fourth-order valence-corrected chi connectivity index (χ4v) is 18.9. The lowest BCUT2D eigenvalue weighted by atomic mass is 10.0. The molecule has 6 rings (SSSR count). The molecule has 6 aliphatic rings. The monoisotopic (exact) mass is 2090 g/mol. The van der Waals surface area contributed by atoms with Crippen LogP contribution in [0.1, 0.15) is 213 Å². The number of carbonyl (C=O) groups is 17. The molecule has 59 nitrogen and oxygen atoms in total. The number of carboxylic acid groups (broad SMARTS) is 2. The molecule has 148 heavy (non-hydrogen) atoms. The Bertz CT molecular complexity index is 4670. The first-order valence-corrected chi connectivity index (χ1v) is 50.6. The molecule has 0 bridgehead atoms. The van der Waals surface area contributed by atoms with Crippen LogP contribution >= 0.6 is 0 Å². The number of likely N-dealkylation sites (tertiary alicyclic amines) is 6. The zero-order chi connectivity index (χ0) is 110. The van der Waals surface area contributed by atoms with Crippen molar-refractivity contribution in [2.24, 2.45) is 57.5 Å². The Balaban J connectivity index is 1.20. The molecule has 0 aromatic carbocycles. The first kappa shape index (κ1) is 122. The first-order valence-electron chi connectivity index (χ1n) is 50.6. The van der Waals surface area contributed by atoms with Crippen LogP contribution in [0.3, 0.4) is 0 Å². The molecule has 0 aliphatic carbocycles. The van der Waals surface area contributed by atoms with E-state index in [0.717, 1.165) is 0 Å². The highest BCUT2D eigenvalue weighted by Crippen LogP contribution is 2.31. The van der Waals surface area contributed by atoms with Crippen LogP contribution in [0.15, 0.2) is 0 Å². The Labute approximate surface area is 858 Å². The van der Waals surface area contributed by atoms with Gasteiger partial charge in [0.05, 0.1) is 6.04 Å². The van der Waals surface area contributed by atoms with Crippen LogP contribution in [0.2, 0.25) is 0 Å². The molecule has 0 spiro atoms. The molecule has 15 amide bonds. The number of hydrogen-bond donors (Lipinski definition) is 36. The van der Waals surface area contributed by atoms with Crippen molar-refractivity contribution in [3.63, 3.8) is 0 Å². The van der Waals surface area contributed by atoms with Gasteiger partial charge in [0.15, 0.2) is 47.7 Å². The molecule has 6 saturated heterocycles. The van der Waals surface area contributed by atoms with Crippen LogP contribution in [-0.2, 0) is 81.5 Å². The number of guanidine groups is 8. The van der Waals surface area contributed by atoms with Crippen molar-refractivity contribution >= 4 is 148 Å². The van der Waals surface area contributed by atoms with E-state index in [9.17, 15) is 48.6 Å². The number of amides is 15. The van der Waals surface area contributed by atoms with Crippen molar-refractivity contribution in [1.82, 2.24) is 120 Å². The maximum Gasteiger partial charge on any atom is 0.326 e. The summed E-state index contributed by atoms with van der Waals surface area (Å²) in [7, 11) is 0. The van der Waals surface area contributed by atoms with Crippen LogP contribution in [0.5, 0.6) is 0 Å². The highest BCUT2D eigenvalue weighted by atomic mass is 16.4. The van der Waals surface area contributed by atoms with Gasteiger partial charge in [0.1, 0.15) is 90.6 Å². The number of aliphatic carboxylic acids is 2. The van der Waals surface area contributed by atoms with Gasteiger partial charge in [-0.1, -0.05) is 13.8 Å². The molecule has 59 heteroatoms. The normalized spacial score (nSPS) is 19.3. The second-order valence-corrected chi connectivity index (χ2v) is 38.1. The Morgan fingerprint density at radius 1 is 0.270 bits per heavy atom. The second kappa shape index (κ2) is 62.2. The molecule has 0 aromatic rings. The van der Waals surface area contributed by atoms with Crippen molar-refractivity contribution in [2.75, 3.05) is 91.6 Å². The van der Waals surface area contributed by atoms with Gasteiger partial charge < -0.3 is 182 Å². The summed E-state index contributed by atoms with van der Waals surface area (Å²) in [6, 6.07) is -21.5. The van der Waals surface area contributed by atoms with E-state index >= 15 is 43.2 Å². The molecule has 16 atom stereocenters. The summed E-state index contributed by atoms with van der Waals surface area (Å²) in [5.41, 5.74) is 50.4. The predicted octanol–water partition coefficient (Wildman–Crippen LogP) is -10.3. The van der Waals surface area contributed by atoms with E-state index in [4.69, 9.17) is 94.9 Å². The lowest BCUT2D eigenvalue weighted by Gasteiger charge is -2.34. The molecule has 0 radical (unpaired) electrons. The largest absolute Gasteiger partial charge is 0.481 e. The number of carbonyl (C=O) groups excluding carboxylic acids is 15. The van der Waals surface area contributed by atoms with E-state index in [2.05, 4.69) is 90.4 Å². The third-order valence-electron chi connectivity index (χ3n) is 26.2. The molecule has 6 aliphatic heterocycles. The predicted molar refractivity (Wildman–Crippen MR) is 541 cm³/mol. The quantitative estimate of drug-likeness (QED) is 0.0153. The highest BCUT2D eigenvalue weighted by molar-refractivity contribution is 6.02. The van der Waals surface area contributed by atoms with Crippen LogP contribution in [0, 0.1) is 49.2 Å². The molecule has 6 heterocycles. The van der Waals surface area contributed by atoms with Gasteiger partial charge in [0.25, 0.3) is 0 Å². The molecular formula is C89H158N40O19. The zero-order valence-electron chi connectivity index (χ0n) is 84.3. The van der Waals surface area contributed by atoms with Crippen molar-refractivity contribution in [3.05, 3.63) is 0 Å². The molecule has 0 unspecified atom stereocenters. The topological polar surface area (TPSA) is 980 Å². The van der Waals surface area contributed by atoms with E-state index in [0.29, 0.717) is 12.8 Å². The minimum Gasteiger partial charge on any atom is -0.481 e. The molecular weight excluding hydrogens is 1930 g/mol. The number of hydrogen-bond acceptors (Lipinski definition) is 26. The standard InChI is InChI=1S/C89H158N40O19/c1-48(2)47-58(79(145)127-44-14-27-61(127)73(139)120-54(21-7-37-111-86(99)100)76(142)125-42-12-26-60(125)71(137)119-55(22-8-38-112-87(101)102)77(143)126-43-13-28-62(126)74(140)122-57(81(147)148)24-10-40-114-89(105)106)123-68(134)51(19-5-35-109-84(95)96)117-70(136)63-29-15-45-128(63)80(146)64-30-16-46-129(64)78(144)56(23-9-39-113-88(103)104)121-72(138)59-25-11-41-124(59)75(141)53(20-6-36-110-85(97)98)118-69(135)52(31-32-65(130)131)116-67(133)50(18-4-34-108-83(93)94)115-66(132)49(90)17-3-33-107-82(91)92/h48-64H,3-47,90H2,1-2H3,(H,115,132)(H,116,133)(H,117,136)(H,118,135)(H,119,137)(H,120,139)(H,121,138)(H,122,140)(H,123,134)(H,130,131)(H,147,148)(H4,91,92,107)(H4,93,94,108)(H4,95,96,109)(H4,97,98,110)(H4,99,100,111)(H4,101,102,112)(H4,103,104,113)(H4,105,106,114)/t49-,50-,51-,52-,53-,54-,55-,56-,57-,58-,59-,60-,61-,62-,63-,64-/m0/s1. The number of nitrogens with two attached hydrogens (primary N) is 9. The molecule has 0 saturated carbocycles. The zero-order valence-corrected chi connectivity index (χ0v) is 84.3. The maximum absolute atomic E-state index is 15.3. The molecule has 6 fully saturated rings. The summed E-state index contributed by atoms with van der Waals surface area (Å²) in [6.45, 7) is 4.19. The van der Waals surface area contributed by atoms with Gasteiger partial charge in [-0.2, -0.15) is 0 Å². The summed E-state index contributed by atoms with van der Waals surface area (Å²) in [6.07, 6.45) is 1.44. The van der Waals surface area contributed by atoms with E-state index in [1.807, 2.05) is 0 Å². The van der Waals surface area contributed by atoms with Gasteiger partial charge >= 0.3 is 11.9 Å². The number of nitrogens with zero attached hydrogens (tertiary/aromatic N) is 6. The van der Waals surface area contributed by atoms with E-state index in [1.165, 1.54) is 29.4 Å². The summed E-state index contributed by atoms with van der Waals surface area (Å²) in [4.78, 5) is 254. The van der Waals surface area contributed by atoms with Crippen molar-refractivity contribution in [2.45, 2.75) is 310 Å². The lowest BCUT2D eigenvalue weighted by Crippen LogP contribution is -2.60. The van der Waals surface area contributed by atoms with Crippen LogP contribution in [0.25, 0.3) is 0 Å². The van der Waals surface area contributed by atoms with Crippen molar-refractivity contribution in [3.8, 4) is 0 Å². The van der Waals surface area contributed by atoms with Gasteiger partial charge in [-0.3, -0.25) is 120 Å². The first-order chi connectivity index (χ1) is 70.2. The van der Waals surface area contributed by atoms with E-state index in [-0.39, 0.29) is 301 Å². The van der Waals surface area contributed by atoms with Crippen molar-refractivity contribution in [1.29, 1.82) is 43.3 Å². The van der Waals surface area contributed by atoms with Gasteiger partial charge in [0.2, 0.25) is 88.6 Å². The molecule has 45 N–H and O–H groups in total. The van der Waals surface area contributed by atoms with Gasteiger partial charge in [0, 0.05) is 98.0 Å². The molecule has 0 aromatic heterocycles. The SMILES string of the molecule is CC(C)C[C@H](NC(=O)[C@H](CCCNC(=N)N)NC(=O)[C@@H]1CCCN1C(=O)[C@@H]1CCCN1C(=O)[C@H](CCCNC(=N)N)NC(=O)[C@@H]1CCCN1C(=O)[C@H](CCCNC(=N)N)NC(=O)[C@H](CCC(=O)O)NC(=O)[C@H](CCCNC(=N)N)NC(=O)[C@@H](N)CCCNC(=N)N)C(=O)N1CCC[C@H]1C(=O)N[C@@H](CCCNC(=N)N)C(=O)N1CCC[C@H]1C(=O)N[C@@H](CCCNC(=N)N)C(=O)N1CCC[C@H]1C(=O)N[C@@H](CCCNC(=N)N)C(=O)O. The Hall–Kier alpha value is -14.9. The van der Waals surface area contributed by atoms with Crippen molar-refractivity contribution < 1.29 is 91.7 Å². The molecule has 828 valence electrons. The average Bonchev–Trinajstić information content (AvgIpc) is 1.65. The van der Waals surface area contributed by atoms with E-state index in [1.54, 1.807) is 13.8 Å². The Morgan fingerprint density at radius 3 is 0.770 bits per heavy atom. The Morgan fingerprint density at radius 2 is 0.480 bits per heavy atom. The average molecular weight is 2090 g/mol. The fraction of sp³-hybridized carbons (Fsp3) is 0.719. The van der Waals surface area contributed by atoms with Crippen LogP contribution < -0.4 is 142 Å². The van der Waals surface area contributed by atoms with Crippen LogP contribution in [-0.4, -0.2) is 376 Å². The number of rotatable bonds is 62. The Kier molecular flexibility index (Phi) is 51.2. The lowest BCUT2D eigenvalue weighted by molar-refractivity contribution is -0.148. The summed E-state index contributed by atoms with van der Waals surface area (Å²) in [5.74, 6) is -17.8. The second-order valence-electron chi connectivity index (χ2n) is 38.1. The summed E-state index contributed by atoms with van der Waals surface area (Å²) < 4.78 is 0. The fourth-order valence-electron chi connectivity index (χ4n) is 18.9. The summed E-state index contributed by atoms with van der Waals surface area (Å²) >= 11 is 0. The smallest absolute Gasteiger partial charge is 0.326 e. The van der Waals surface area contributed by atoms with Gasteiger partial charge in [-0.05, 0) is 199 Å².